The lowest BCUT2D eigenvalue weighted by Crippen LogP contribution is -2.35. The van der Waals surface area contributed by atoms with E-state index >= 15 is 0 Å². The Labute approximate surface area is 162 Å². The van der Waals surface area contributed by atoms with Crippen LogP contribution >= 0.6 is 11.6 Å². The Morgan fingerprint density at radius 2 is 1.81 bits per heavy atom. The molecule has 1 aromatic heterocycles. The fourth-order valence-corrected chi connectivity index (χ4v) is 3.31. The predicted molar refractivity (Wildman–Crippen MR) is 102 cm³/mol. The summed E-state index contributed by atoms with van der Waals surface area (Å²) < 4.78 is 0. The monoisotopic (exact) mass is 391 g/mol. The van der Waals surface area contributed by atoms with Crippen molar-refractivity contribution in [3.63, 3.8) is 0 Å². The van der Waals surface area contributed by atoms with Crippen molar-refractivity contribution in [2.45, 2.75) is 38.5 Å². The van der Waals surface area contributed by atoms with E-state index in [2.05, 4.69) is 25.5 Å². The van der Waals surface area contributed by atoms with E-state index in [0.717, 1.165) is 5.56 Å². The maximum absolute atomic E-state index is 10.2. The minimum Gasteiger partial charge on any atom is -0.396 e. The van der Waals surface area contributed by atoms with Gasteiger partial charge in [-0.2, -0.15) is 5.11 Å². The largest absolute Gasteiger partial charge is 0.396 e. The molecule has 1 fully saturated rings. The molecule has 4 N–H and O–H groups in total. The van der Waals surface area contributed by atoms with Crippen LogP contribution in [0.3, 0.4) is 0 Å². The van der Waals surface area contributed by atoms with Gasteiger partial charge in [-0.1, -0.05) is 29.3 Å². The first kappa shape index (κ1) is 19.6. The summed E-state index contributed by atoms with van der Waals surface area (Å²) in [4.78, 5) is 8.43. The number of azo groups is 1. The second-order valence-corrected chi connectivity index (χ2v) is 7.06. The van der Waals surface area contributed by atoms with E-state index < -0.39 is 24.2 Å². The third kappa shape index (κ3) is 4.41. The van der Waals surface area contributed by atoms with Crippen LogP contribution in [0, 0.1) is 19.8 Å². The van der Waals surface area contributed by atoms with Crippen molar-refractivity contribution in [3.05, 3.63) is 40.8 Å². The Kier molecular flexibility index (Phi) is 6.01. The predicted octanol–water partition coefficient (Wildman–Crippen LogP) is 2.68. The minimum absolute atomic E-state index is 0.132. The van der Waals surface area contributed by atoms with E-state index in [-0.39, 0.29) is 17.4 Å². The summed E-state index contributed by atoms with van der Waals surface area (Å²) >= 11 is 6.24. The van der Waals surface area contributed by atoms with Gasteiger partial charge in [0.15, 0.2) is 16.7 Å². The average Bonchev–Trinajstić information content (AvgIpc) is 2.90. The Balaban J connectivity index is 1.88. The molecular formula is C18H22ClN5O3. The molecular weight excluding hydrogens is 370 g/mol. The third-order valence-electron chi connectivity index (χ3n) is 4.61. The number of anilines is 1. The second kappa shape index (κ2) is 8.26. The molecule has 0 spiro atoms. The fraction of sp³-hybridized carbons (Fsp3) is 0.444. The first-order chi connectivity index (χ1) is 12.9. The topological polar surface area (TPSA) is 123 Å². The molecule has 1 heterocycles. The molecule has 4 atom stereocenters. The molecule has 144 valence electrons. The Morgan fingerprint density at radius 1 is 1.11 bits per heavy atom. The average molecular weight is 392 g/mol. The van der Waals surface area contributed by atoms with Crippen molar-refractivity contribution >= 4 is 28.8 Å². The molecule has 1 aromatic carbocycles. The Morgan fingerprint density at radius 3 is 2.44 bits per heavy atom. The van der Waals surface area contributed by atoms with Crippen molar-refractivity contribution in [2.75, 3.05) is 11.9 Å². The highest BCUT2D eigenvalue weighted by atomic mass is 35.5. The third-order valence-corrected chi connectivity index (χ3v) is 4.87. The van der Waals surface area contributed by atoms with Crippen LogP contribution in [0.4, 0.5) is 17.2 Å². The van der Waals surface area contributed by atoms with Gasteiger partial charge in [-0.05, 0) is 32.4 Å². The molecule has 0 aliphatic heterocycles. The zero-order chi connectivity index (χ0) is 19.6. The standard InChI is InChI=1S/C18H22ClN5O3/c1-9-3-5-12(6-4-9)23-24-14-17(19)20-10(2)21-18(14)22-13-7-11(8-25)15(26)16(13)27/h3-6,11,13,15-16,25-27H,7-8H2,1-2H3,(H,20,21,22)/t11-,13-,15-,16+/m1/s1. The molecule has 27 heavy (non-hydrogen) atoms. The van der Waals surface area contributed by atoms with Crippen LogP contribution < -0.4 is 5.32 Å². The number of hydrogen-bond donors (Lipinski definition) is 4. The quantitative estimate of drug-likeness (QED) is 0.459. The van der Waals surface area contributed by atoms with Gasteiger partial charge in [0.2, 0.25) is 0 Å². The molecule has 0 radical (unpaired) electrons. The lowest BCUT2D eigenvalue weighted by atomic mass is 10.1. The number of benzene rings is 1. The normalized spacial score (nSPS) is 25.3. The SMILES string of the molecule is Cc1ccc(N=Nc2c(Cl)nc(C)nc2N[C@@H]2C[C@H](CO)[C@@H](O)[C@H]2O)cc1. The van der Waals surface area contributed by atoms with Crippen LogP contribution in [0.25, 0.3) is 0 Å². The van der Waals surface area contributed by atoms with Crippen LogP contribution in [-0.2, 0) is 0 Å². The van der Waals surface area contributed by atoms with Gasteiger partial charge >= 0.3 is 0 Å². The highest BCUT2D eigenvalue weighted by Gasteiger charge is 2.41. The van der Waals surface area contributed by atoms with E-state index in [0.29, 0.717) is 23.8 Å². The minimum atomic E-state index is -1.04. The summed E-state index contributed by atoms with van der Waals surface area (Å²) in [6.07, 6.45) is -1.67. The highest BCUT2D eigenvalue weighted by molar-refractivity contribution is 6.32. The highest BCUT2D eigenvalue weighted by Crippen LogP contribution is 2.35. The molecule has 3 rings (SSSR count). The van der Waals surface area contributed by atoms with Gasteiger partial charge in [-0.15, -0.1) is 5.11 Å². The van der Waals surface area contributed by atoms with Crippen molar-refractivity contribution in [1.82, 2.24) is 9.97 Å². The number of nitrogens with zero attached hydrogens (tertiary/aromatic N) is 4. The number of aliphatic hydroxyl groups is 3. The van der Waals surface area contributed by atoms with Gasteiger partial charge in [0.1, 0.15) is 11.9 Å². The summed E-state index contributed by atoms with van der Waals surface area (Å²) in [5.74, 6) is 0.343. The maximum atomic E-state index is 10.2. The molecule has 1 saturated carbocycles. The number of aliphatic hydroxyl groups excluding tert-OH is 3. The molecule has 2 aromatic rings. The van der Waals surface area contributed by atoms with Crippen LogP contribution in [0.15, 0.2) is 34.5 Å². The summed E-state index contributed by atoms with van der Waals surface area (Å²) in [5.41, 5.74) is 2.01. The van der Waals surface area contributed by atoms with Crippen molar-refractivity contribution < 1.29 is 15.3 Å². The zero-order valence-electron chi connectivity index (χ0n) is 15.0. The summed E-state index contributed by atoms with van der Waals surface area (Å²) in [6, 6.07) is 7.00. The molecule has 0 bridgehead atoms. The van der Waals surface area contributed by atoms with Crippen LogP contribution in [-0.4, -0.2) is 50.1 Å². The molecule has 1 aliphatic rings. The van der Waals surface area contributed by atoms with E-state index in [1.807, 2.05) is 31.2 Å². The van der Waals surface area contributed by atoms with Crippen LogP contribution in [0.2, 0.25) is 5.15 Å². The van der Waals surface area contributed by atoms with Gasteiger partial charge < -0.3 is 20.6 Å². The number of aryl methyl sites for hydroxylation is 2. The number of aromatic nitrogens is 2. The number of halogens is 1. The smallest absolute Gasteiger partial charge is 0.165 e. The van der Waals surface area contributed by atoms with Crippen molar-refractivity contribution in [3.8, 4) is 0 Å². The van der Waals surface area contributed by atoms with Gasteiger partial charge in [0.05, 0.1) is 17.8 Å². The van der Waals surface area contributed by atoms with Crippen molar-refractivity contribution in [2.24, 2.45) is 16.1 Å². The summed E-state index contributed by atoms with van der Waals surface area (Å²) in [7, 11) is 0. The first-order valence-electron chi connectivity index (χ1n) is 8.65. The molecule has 0 amide bonds. The van der Waals surface area contributed by atoms with E-state index in [1.54, 1.807) is 6.92 Å². The van der Waals surface area contributed by atoms with Gasteiger partial charge in [0, 0.05) is 12.5 Å². The first-order valence-corrected chi connectivity index (χ1v) is 9.03. The molecule has 8 nitrogen and oxygen atoms in total. The van der Waals surface area contributed by atoms with Gasteiger partial charge in [-0.3, -0.25) is 0 Å². The Bertz CT molecular complexity index is 830. The van der Waals surface area contributed by atoms with Crippen molar-refractivity contribution in [1.29, 1.82) is 0 Å². The van der Waals surface area contributed by atoms with Gasteiger partial charge in [-0.25, -0.2) is 9.97 Å². The lowest BCUT2D eigenvalue weighted by molar-refractivity contribution is 0.00446. The lowest BCUT2D eigenvalue weighted by Gasteiger charge is -2.19. The molecule has 0 saturated heterocycles. The van der Waals surface area contributed by atoms with Gasteiger partial charge in [0.25, 0.3) is 0 Å². The van der Waals surface area contributed by atoms with E-state index in [4.69, 9.17) is 11.6 Å². The summed E-state index contributed by atoms with van der Waals surface area (Å²) in [6.45, 7) is 3.46. The Hall–Kier alpha value is -2.13. The second-order valence-electron chi connectivity index (χ2n) is 6.70. The van der Waals surface area contributed by atoms with E-state index in [9.17, 15) is 15.3 Å². The summed E-state index contributed by atoms with van der Waals surface area (Å²) in [5, 5.41) is 41.1. The molecule has 1 aliphatic carbocycles. The number of hydrogen-bond acceptors (Lipinski definition) is 8. The number of rotatable bonds is 5. The number of nitrogens with one attached hydrogen (secondary N) is 1. The molecule has 0 unspecified atom stereocenters. The fourth-order valence-electron chi connectivity index (χ4n) is 3.07. The van der Waals surface area contributed by atoms with Crippen LogP contribution in [0.1, 0.15) is 17.8 Å². The maximum Gasteiger partial charge on any atom is 0.165 e. The zero-order valence-corrected chi connectivity index (χ0v) is 15.8. The molecule has 9 heteroatoms. The van der Waals surface area contributed by atoms with E-state index in [1.165, 1.54) is 0 Å². The van der Waals surface area contributed by atoms with Crippen LogP contribution in [0.5, 0.6) is 0 Å².